The standard InChI is InChI=1S/C11H8BrClN2O/c1-7-10(3-2-4-14-7)16-11-9(13)5-8(12)6-15-11/h2-6H,1H3. The van der Waals surface area contributed by atoms with Crippen molar-refractivity contribution in [2.75, 3.05) is 0 Å². The maximum atomic E-state index is 5.99. The van der Waals surface area contributed by atoms with Gasteiger partial charge in [-0.3, -0.25) is 4.98 Å². The van der Waals surface area contributed by atoms with E-state index in [0.717, 1.165) is 10.2 Å². The van der Waals surface area contributed by atoms with Gasteiger partial charge in [-0.05, 0) is 41.1 Å². The van der Waals surface area contributed by atoms with Gasteiger partial charge in [-0.15, -0.1) is 0 Å². The maximum Gasteiger partial charge on any atom is 0.238 e. The predicted molar refractivity (Wildman–Crippen MR) is 66.0 cm³/mol. The van der Waals surface area contributed by atoms with Gasteiger partial charge >= 0.3 is 0 Å². The third-order valence-corrected chi connectivity index (χ3v) is 2.64. The van der Waals surface area contributed by atoms with Crippen LogP contribution in [0.1, 0.15) is 5.69 Å². The van der Waals surface area contributed by atoms with Crippen molar-refractivity contribution < 1.29 is 4.74 Å². The van der Waals surface area contributed by atoms with Crippen molar-refractivity contribution in [3.63, 3.8) is 0 Å². The van der Waals surface area contributed by atoms with Crippen LogP contribution in [0.5, 0.6) is 11.6 Å². The van der Waals surface area contributed by atoms with E-state index in [-0.39, 0.29) is 0 Å². The van der Waals surface area contributed by atoms with Gasteiger partial charge in [0.15, 0.2) is 5.75 Å². The molecule has 82 valence electrons. The summed E-state index contributed by atoms with van der Waals surface area (Å²) in [7, 11) is 0. The first kappa shape index (κ1) is 11.4. The highest BCUT2D eigenvalue weighted by molar-refractivity contribution is 9.10. The number of rotatable bonds is 2. The fourth-order valence-corrected chi connectivity index (χ4v) is 1.83. The molecule has 0 aliphatic carbocycles. The smallest absolute Gasteiger partial charge is 0.238 e. The van der Waals surface area contributed by atoms with Crippen LogP contribution in [-0.4, -0.2) is 9.97 Å². The number of halogens is 2. The van der Waals surface area contributed by atoms with Crippen molar-refractivity contribution in [1.82, 2.24) is 9.97 Å². The number of pyridine rings is 2. The van der Waals surface area contributed by atoms with E-state index in [1.807, 2.05) is 13.0 Å². The number of aromatic nitrogens is 2. The molecule has 2 aromatic heterocycles. The summed E-state index contributed by atoms with van der Waals surface area (Å²) in [5, 5.41) is 0.456. The lowest BCUT2D eigenvalue weighted by Gasteiger charge is -2.07. The van der Waals surface area contributed by atoms with Gasteiger partial charge in [-0.25, -0.2) is 4.98 Å². The van der Waals surface area contributed by atoms with Crippen LogP contribution < -0.4 is 4.74 Å². The summed E-state index contributed by atoms with van der Waals surface area (Å²) < 4.78 is 6.38. The van der Waals surface area contributed by atoms with E-state index in [4.69, 9.17) is 16.3 Å². The highest BCUT2D eigenvalue weighted by atomic mass is 79.9. The number of aryl methyl sites for hydroxylation is 1. The molecule has 2 heterocycles. The van der Waals surface area contributed by atoms with Gasteiger partial charge in [0.2, 0.25) is 5.88 Å². The molecule has 0 aliphatic heterocycles. The largest absolute Gasteiger partial charge is 0.436 e. The van der Waals surface area contributed by atoms with Crippen LogP contribution in [0.25, 0.3) is 0 Å². The topological polar surface area (TPSA) is 35.0 Å². The summed E-state index contributed by atoms with van der Waals surface area (Å²) in [6, 6.07) is 5.35. The van der Waals surface area contributed by atoms with E-state index >= 15 is 0 Å². The summed E-state index contributed by atoms with van der Waals surface area (Å²) in [5.41, 5.74) is 0.795. The second-order valence-corrected chi connectivity index (χ2v) is 4.45. The van der Waals surface area contributed by atoms with Crippen molar-refractivity contribution in [3.05, 3.63) is 45.8 Å². The van der Waals surface area contributed by atoms with E-state index < -0.39 is 0 Å². The molecule has 0 radical (unpaired) electrons. The molecule has 0 amide bonds. The van der Waals surface area contributed by atoms with Crippen LogP contribution >= 0.6 is 27.5 Å². The number of ether oxygens (including phenoxy) is 1. The minimum atomic E-state index is 0.376. The first-order valence-electron chi connectivity index (χ1n) is 4.57. The summed E-state index contributed by atoms with van der Waals surface area (Å²) in [6.45, 7) is 1.86. The Hall–Kier alpha value is -1.13. The molecule has 0 aliphatic rings. The highest BCUT2D eigenvalue weighted by Crippen LogP contribution is 2.29. The molecule has 0 fully saturated rings. The predicted octanol–water partition coefficient (Wildman–Crippen LogP) is 3.99. The van der Waals surface area contributed by atoms with Crippen molar-refractivity contribution in [1.29, 1.82) is 0 Å². The Morgan fingerprint density at radius 3 is 2.88 bits per heavy atom. The molecular weight excluding hydrogens is 291 g/mol. The van der Waals surface area contributed by atoms with E-state index in [1.165, 1.54) is 0 Å². The molecule has 0 atom stereocenters. The normalized spacial score (nSPS) is 10.2. The lowest BCUT2D eigenvalue weighted by Crippen LogP contribution is -1.92. The Kier molecular flexibility index (Phi) is 3.41. The monoisotopic (exact) mass is 298 g/mol. The molecule has 0 unspecified atom stereocenters. The molecule has 0 saturated heterocycles. The quantitative estimate of drug-likeness (QED) is 0.841. The van der Waals surface area contributed by atoms with Crippen molar-refractivity contribution in [2.45, 2.75) is 6.92 Å². The molecule has 16 heavy (non-hydrogen) atoms. The van der Waals surface area contributed by atoms with Crippen LogP contribution in [0.3, 0.4) is 0 Å². The molecule has 2 aromatic rings. The van der Waals surface area contributed by atoms with Crippen molar-refractivity contribution >= 4 is 27.5 Å². The van der Waals surface area contributed by atoms with Crippen molar-refractivity contribution in [2.24, 2.45) is 0 Å². The van der Waals surface area contributed by atoms with Gasteiger partial charge in [-0.1, -0.05) is 11.6 Å². The zero-order valence-electron chi connectivity index (χ0n) is 8.45. The Balaban J connectivity index is 2.31. The fraction of sp³-hybridized carbons (Fsp3) is 0.0909. The third kappa shape index (κ3) is 2.51. The van der Waals surface area contributed by atoms with Gasteiger partial charge in [0.1, 0.15) is 5.02 Å². The van der Waals surface area contributed by atoms with Crippen LogP contribution in [-0.2, 0) is 0 Å². The first-order chi connectivity index (χ1) is 7.66. The van der Waals surface area contributed by atoms with Crippen LogP contribution in [0.15, 0.2) is 35.1 Å². The van der Waals surface area contributed by atoms with E-state index in [0.29, 0.717) is 16.7 Å². The minimum absolute atomic E-state index is 0.376. The van der Waals surface area contributed by atoms with Crippen LogP contribution in [0.4, 0.5) is 0 Å². The fourth-order valence-electron chi connectivity index (χ4n) is 1.16. The number of hydrogen-bond donors (Lipinski definition) is 0. The van der Waals surface area contributed by atoms with Gasteiger partial charge in [0.25, 0.3) is 0 Å². The Bertz CT molecular complexity index is 519. The molecular formula is C11H8BrClN2O. The Morgan fingerprint density at radius 2 is 2.19 bits per heavy atom. The first-order valence-corrected chi connectivity index (χ1v) is 5.74. The lowest BCUT2D eigenvalue weighted by molar-refractivity contribution is 0.456. The minimum Gasteiger partial charge on any atom is -0.436 e. The molecule has 3 nitrogen and oxygen atoms in total. The van der Waals surface area contributed by atoms with Gasteiger partial charge in [0.05, 0.1) is 5.69 Å². The second-order valence-electron chi connectivity index (χ2n) is 3.13. The second kappa shape index (κ2) is 4.80. The summed E-state index contributed by atoms with van der Waals surface area (Å²) in [5.74, 6) is 1.03. The molecule has 0 spiro atoms. The third-order valence-electron chi connectivity index (χ3n) is 1.94. The molecule has 5 heteroatoms. The Labute approximate surface area is 107 Å². The zero-order valence-corrected chi connectivity index (χ0v) is 10.8. The summed E-state index contributed by atoms with van der Waals surface area (Å²) in [6.07, 6.45) is 3.34. The van der Waals surface area contributed by atoms with Crippen LogP contribution in [0, 0.1) is 6.92 Å². The average molecular weight is 300 g/mol. The van der Waals surface area contributed by atoms with Gasteiger partial charge < -0.3 is 4.74 Å². The van der Waals surface area contributed by atoms with E-state index in [9.17, 15) is 0 Å². The van der Waals surface area contributed by atoms with Crippen LogP contribution in [0.2, 0.25) is 5.02 Å². The van der Waals surface area contributed by atoms with E-state index in [1.54, 1.807) is 24.5 Å². The molecule has 0 N–H and O–H groups in total. The maximum absolute atomic E-state index is 5.99. The SMILES string of the molecule is Cc1ncccc1Oc1ncc(Br)cc1Cl. The highest BCUT2D eigenvalue weighted by Gasteiger charge is 2.07. The summed E-state index contributed by atoms with van der Waals surface area (Å²) in [4.78, 5) is 8.20. The number of hydrogen-bond acceptors (Lipinski definition) is 3. The van der Waals surface area contributed by atoms with Gasteiger partial charge in [0, 0.05) is 16.9 Å². The number of nitrogens with zero attached hydrogens (tertiary/aromatic N) is 2. The molecule has 0 bridgehead atoms. The van der Waals surface area contributed by atoms with Crippen molar-refractivity contribution in [3.8, 4) is 11.6 Å². The molecule has 2 rings (SSSR count). The zero-order chi connectivity index (χ0) is 11.5. The average Bonchev–Trinajstić information content (AvgIpc) is 2.25. The summed E-state index contributed by atoms with van der Waals surface area (Å²) >= 11 is 9.28. The molecule has 0 saturated carbocycles. The van der Waals surface area contributed by atoms with Gasteiger partial charge in [-0.2, -0.15) is 0 Å². The van der Waals surface area contributed by atoms with E-state index in [2.05, 4.69) is 25.9 Å². The lowest BCUT2D eigenvalue weighted by atomic mass is 10.3. The molecule has 0 aromatic carbocycles. The Morgan fingerprint density at radius 1 is 1.38 bits per heavy atom.